The third kappa shape index (κ3) is 3.45. The summed E-state index contributed by atoms with van der Waals surface area (Å²) in [5, 5.41) is 15.9. The lowest BCUT2D eigenvalue weighted by molar-refractivity contribution is -0.147. The molecule has 3 N–H and O–H groups in total. The Morgan fingerprint density at radius 2 is 1.84 bits per heavy atom. The van der Waals surface area contributed by atoms with Crippen LogP contribution < -0.4 is 15.4 Å². The van der Waals surface area contributed by atoms with Gasteiger partial charge in [-0.25, -0.2) is 0 Å². The molecule has 2 aromatic rings. The minimum Gasteiger partial charge on any atom is -0.495 e. The molecule has 0 radical (unpaired) electrons. The van der Waals surface area contributed by atoms with Crippen molar-refractivity contribution in [2.45, 2.75) is 44.3 Å². The van der Waals surface area contributed by atoms with Crippen LogP contribution in [-0.2, 0) is 27.2 Å². The van der Waals surface area contributed by atoms with Crippen LogP contribution in [-0.4, -0.2) is 42.2 Å². The first-order chi connectivity index (χ1) is 15.5. The van der Waals surface area contributed by atoms with Gasteiger partial charge < -0.3 is 25.2 Å². The van der Waals surface area contributed by atoms with Gasteiger partial charge in [0.15, 0.2) is 0 Å². The van der Waals surface area contributed by atoms with Gasteiger partial charge in [-0.3, -0.25) is 14.4 Å². The predicted octanol–water partition coefficient (Wildman–Crippen LogP) is 3.31. The summed E-state index contributed by atoms with van der Waals surface area (Å²) in [5.41, 5.74) is 1.96. The number of para-hydroxylation sites is 2. The van der Waals surface area contributed by atoms with E-state index in [-0.39, 0.29) is 5.91 Å². The number of carbonyl (C=O) groups is 3. The molecule has 9 heteroatoms. The van der Waals surface area contributed by atoms with Gasteiger partial charge in [-0.05, 0) is 49.8 Å². The van der Waals surface area contributed by atoms with Crippen LogP contribution in [0.1, 0.15) is 40.1 Å². The van der Waals surface area contributed by atoms with Crippen LogP contribution in [0.25, 0.3) is 0 Å². The van der Waals surface area contributed by atoms with Gasteiger partial charge in [0.1, 0.15) is 10.8 Å². The van der Waals surface area contributed by atoms with E-state index in [0.29, 0.717) is 34.8 Å². The molecule has 2 amide bonds. The van der Waals surface area contributed by atoms with Crippen molar-refractivity contribution in [3.63, 3.8) is 0 Å². The van der Waals surface area contributed by atoms with E-state index in [1.54, 1.807) is 18.2 Å². The molecule has 1 aromatic heterocycles. The molecule has 8 nitrogen and oxygen atoms in total. The Morgan fingerprint density at radius 1 is 1.09 bits per heavy atom. The number of benzene rings is 1. The molecule has 32 heavy (non-hydrogen) atoms. The van der Waals surface area contributed by atoms with Gasteiger partial charge in [0.2, 0.25) is 5.91 Å². The fraction of sp³-hybridized carbons (Fsp3) is 0.435. The number of amides is 2. The molecule has 0 saturated carbocycles. The Bertz CT molecular complexity index is 1100. The molecule has 168 valence electrons. The highest BCUT2D eigenvalue weighted by Crippen LogP contribution is 2.45. The van der Waals surface area contributed by atoms with Crippen LogP contribution in [0.2, 0.25) is 0 Å². The number of anilines is 2. The standard InChI is InChI=1S/C23H24N2O6S/c1-30-13-7-3-2-6-12(13)24-20(26)17-11-5-4-8-16(11)32-22(17)25-21(27)18-14-9-10-15(31-14)19(18)23(28)29/h2-3,6-7,14-15,18-19H,4-5,8-10H2,1H3,(H,24,26)(H,25,27)(H,28,29)/t14-,15-,18+,19-/m0/s1. The van der Waals surface area contributed by atoms with Crippen molar-refractivity contribution in [1.82, 2.24) is 0 Å². The average molecular weight is 457 g/mol. The topological polar surface area (TPSA) is 114 Å². The zero-order chi connectivity index (χ0) is 22.4. The summed E-state index contributed by atoms with van der Waals surface area (Å²) in [7, 11) is 1.54. The quantitative estimate of drug-likeness (QED) is 0.615. The van der Waals surface area contributed by atoms with Gasteiger partial charge in [0.25, 0.3) is 5.91 Å². The summed E-state index contributed by atoms with van der Waals surface area (Å²) >= 11 is 1.40. The first-order valence-electron chi connectivity index (χ1n) is 10.8. The normalized spacial score (nSPS) is 25.4. The number of fused-ring (bicyclic) bond motifs is 3. The van der Waals surface area contributed by atoms with Crippen LogP contribution >= 0.6 is 11.3 Å². The number of carbonyl (C=O) groups excluding carboxylic acids is 2. The lowest BCUT2D eigenvalue weighted by Crippen LogP contribution is -2.41. The van der Waals surface area contributed by atoms with E-state index in [2.05, 4.69) is 10.6 Å². The molecule has 0 unspecified atom stereocenters. The highest BCUT2D eigenvalue weighted by molar-refractivity contribution is 7.17. The molecule has 5 rings (SSSR count). The van der Waals surface area contributed by atoms with Crippen molar-refractivity contribution in [3.8, 4) is 5.75 Å². The van der Waals surface area contributed by atoms with Crippen molar-refractivity contribution in [1.29, 1.82) is 0 Å². The number of hydrogen-bond donors (Lipinski definition) is 3. The molecular formula is C23H24N2O6S. The van der Waals surface area contributed by atoms with Crippen molar-refractivity contribution in [2.75, 3.05) is 17.7 Å². The number of ether oxygens (including phenoxy) is 2. The van der Waals surface area contributed by atoms with Gasteiger partial charge in [-0.15, -0.1) is 11.3 Å². The fourth-order valence-corrected chi connectivity index (χ4v) is 6.47. The number of nitrogens with one attached hydrogen (secondary N) is 2. The number of aliphatic carboxylic acids is 1. The van der Waals surface area contributed by atoms with Crippen LogP contribution in [0.5, 0.6) is 5.75 Å². The summed E-state index contributed by atoms with van der Waals surface area (Å²) < 4.78 is 11.1. The van der Waals surface area contributed by atoms with Gasteiger partial charge in [-0.2, -0.15) is 0 Å². The second-order valence-corrected chi connectivity index (χ2v) is 9.49. The summed E-state index contributed by atoms with van der Waals surface area (Å²) in [6, 6.07) is 7.14. The third-order valence-corrected chi connectivity index (χ3v) is 7.81. The molecule has 2 saturated heterocycles. The summed E-state index contributed by atoms with van der Waals surface area (Å²) in [5.74, 6) is -2.79. The number of carboxylic acid groups (broad SMARTS) is 1. The van der Waals surface area contributed by atoms with Gasteiger partial charge in [0.05, 0.1) is 42.4 Å². The molecule has 1 aromatic carbocycles. The molecular weight excluding hydrogens is 432 g/mol. The SMILES string of the molecule is COc1ccccc1NC(=O)c1c(NC(=O)[C@H]2[C@@H](C(=O)O)[C@@H]3CC[C@@H]2O3)sc2c1CCC2. The molecule has 4 atom stereocenters. The summed E-state index contributed by atoms with van der Waals surface area (Å²) in [4.78, 5) is 39.3. The molecule has 2 fully saturated rings. The number of methoxy groups -OCH3 is 1. The minimum atomic E-state index is -1.01. The molecule has 3 heterocycles. The Balaban J connectivity index is 1.42. The van der Waals surface area contributed by atoms with Crippen LogP contribution in [0.3, 0.4) is 0 Å². The van der Waals surface area contributed by atoms with Crippen LogP contribution in [0, 0.1) is 11.8 Å². The zero-order valence-electron chi connectivity index (χ0n) is 17.6. The van der Waals surface area contributed by atoms with Gasteiger partial charge in [0, 0.05) is 4.88 Å². The second kappa shape index (κ2) is 8.22. The predicted molar refractivity (Wildman–Crippen MR) is 118 cm³/mol. The van der Waals surface area contributed by atoms with Crippen molar-refractivity contribution in [2.24, 2.45) is 11.8 Å². The van der Waals surface area contributed by atoms with E-state index >= 15 is 0 Å². The Hall–Kier alpha value is -2.91. The minimum absolute atomic E-state index is 0.317. The van der Waals surface area contributed by atoms with Crippen molar-refractivity contribution in [3.05, 3.63) is 40.3 Å². The number of rotatable bonds is 6. The Morgan fingerprint density at radius 3 is 2.59 bits per heavy atom. The van der Waals surface area contributed by atoms with Crippen LogP contribution in [0.15, 0.2) is 24.3 Å². The summed E-state index contributed by atoms with van der Waals surface area (Å²) in [6.07, 6.45) is 3.12. The monoisotopic (exact) mass is 456 g/mol. The van der Waals surface area contributed by atoms with E-state index in [9.17, 15) is 19.5 Å². The fourth-order valence-electron chi connectivity index (χ4n) is 5.19. The van der Waals surface area contributed by atoms with Gasteiger partial charge >= 0.3 is 5.97 Å². The third-order valence-electron chi connectivity index (χ3n) is 6.60. The lowest BCUT2D eigenvalue weighted by atomic mass is 9.79. The van der Waals surface area contributed by atoms with Crippen molar-refractivity contribution < 1.29 is 29.0 Å². The van der Waals surface area contributed by atoms with E-state index in [1.807, 2.05) is 6.07 Å². The van der Waals surface area contributed by atoms with E-state index < -0.39 is 35.9 Å². The molecule has 3 aliphatic rings. The Labute approximate surface area is 188 Å². The highest BCUT2D eigenvalue weighted by atomic mass is 32.1. The van der Waals surface area contributed by atoms with Crippen molar-refractivity contribution >= 4 is 39.8 Å². The second-order valence-electron chi connectivity index (χ2n) is 8.39. The van der Waals surface area contributed by atoms with E-state index in [0.717, 1.165) is 29.7 Å². The first-order valence-corrected chi connectivity index (χ1v) is 11.6. The maximum Gasteiger partial charge on any atom is 0.310 e. The largest absolute Gasteiger partial charge is 0.495 e. The first kappa shape index (κ1) is 21.0. The number of thiophene rings is 1. The highest BCUT2D eigenvalue weighted by Gasteiger charge is 2.55. The summed E-state index contributed by atoms with van der Waals surface area (Å²) in [6.45, 7) is 0. The Kier molecular flexibility index (Phi) is 5.38. The lowest BCUT2D eigenvalue weighted by Gasteiger charge is -2.23. The maximum absolute atomic E-state index is 13.3. The molecule has 2 bridgehead atoms. The number of aryl methyl sites for hydroxylation is 1. The van der Waals surface area contributed by atoms with E-state index in [4.69, 9.17) is 9.47 Å². The number of carboxylic acids is 1. The maximum atomic E-state index is 13.3. The average Bonchev–Trinajstić information content (AvgIpc) is 3.54. The molecule has 1 aliphatic carbocycles. The smallest absolute Gasteiger partial charge is 0.310 e. The molecule has 0 spiro atoms. The van der Waals surface area contributed by atoms with Gasteiger partial charge in [-0.1, -0.05) is 12.1 Å². The van der Waals surface area contributed by atoms with Crippen LogP contribution in [0.4, 0.5) is 10.7 Å². The molecule has 2 aliphatic heterocycles. The zero-order valence-corrected chi connectivity index (χ0v) is 18.4. The van der Waals surface area contributed by atoms with E-state index in [1.165, 1.54) is 18.4 Å². The number of hydrogen-bond acceptors (Lipinski definition) is 6.